The number of hydrogen-bond acceptors (Lipinski definition) is 3. The van der Waals surface area contributed by atoms with E-state index in [0.29, 0.717) is 17.5 Å². The molecule has 0 saturated carbocycles. The van der Waals surface area contributed by atoms with E-state index in [1.54, 1.807) is 24.3 Å². The van der Waals surface area contributed by atoms with Gasteiger partial charge in [-0.25, -0.2) is 8.78 Å². The quantitative estimate of drug-likeness (QED) is 0.854. The molecule has 0 bridgehead atoms. The molecular weight excluding hydrogens is 245 g/mol. The van der Waals surface area contributed by atoms with Crippen LogP contribution in [0.2, 0.25) is 0 Å². The molecule has 94 valence electrons. The number of benzene rings is 1. The van der Waals surface area contributed by atoms with Crippen molar-refractivity contribution in [2.24, 2.45) is 0 Å². The van der Waals surface area contributed by atoms with Crippen LogP contribution >= 0.6 is 0 Å². The maximum absolute atomic E-state index is 13.3. The van der Waals surface area contributed by atoms with Crippen LogP contribution in [0.15, 0.2) is 30.3 Å². The van der Waals surface area contributed by atoms with E-state index in [9.17, 15) is 13.2 Å². The van der Waals surface area contributed by atoms with Gasteiger partial charge in [0.25, 0.3) is 5.95 Å². The maximum Gasteiger partial charge on any atom is 0.251 e. The Labute approximate surface area is 101 Å². The number of nitrogens with one attached hydrogen (secondary N) is 1. The predicted molar refractivity (Wildman–Crippen MR) is 60.4 cm³/mol. The Hall–Kier alpha value is -2.24. The summed E-state index contributed by atoms with van der Waals surface area (Å²) in [5, 5.41) is 2.54. The number of hydrogen-bond donors (Lipinski definition) is 1. The molecule has 1 aromatic carbocycles. The second-order valence-electron chi connectivity index (χ2n) is 3.45. The fourth-order valence-electron chi connectivity index (χ4n) is 1.37. The van der Waals surface area contributed by atoms with Crippen LogP contribution in [0.5, 0.6) is 5.75 Å². The summed E-state index contributed by atoms with van der Waals surface area (Å²) >= 11 is 0. The van der Waals surface area contributed by atoms with E-state index >= 15 is 0 Å². The Morgan fingerprint density at radius 3 is 2.61 bits per heavy atom. The summed E-state index contributed by atoms with van der Waals surface area (Å²) in [6.45, 7) is 0. The first-order chi connectivity index (χ1) is 8.60. The molecule has 0 unspecified atom stereocenters. The Kier molecular flexibility index (Phi) is 3.36. The molecular formula is C12H9F3N2O. The summed E-state index contributed by atoms with van der Waals surface area (Å²) in [5.41, 5.74) is 0.451. The number of ether oxygens (including phenoxy) is 1. The van der Waals surface area contributed by atoms with Crippen LogP contribution in [-0.2, 0) is 0 Å². The van der Waals surface area contributed by atoms with Gasteiger partial charge in [-0.15, -0.1) is 0 Å². The topological polar surface area (TPSA) is 34.1 Å². The SMILES string of the molecule is COc1cccc(Nc2nc(F)c(F)cc2F)c1. The lowest BCUT2D eigenvalue weighted by molar-refractivity contribution is 0.415. The summed E-state index contributed by atoms with van der Waals surface area (Å²) < 4.78 is 43.9. The molecule has 0 aliphatic heterocycles. The molecule has 2 aromatic rings. The van der Waals surface area contributed by atoms with Gasteiger partial charge in [0.1, 0.15) is 5.75 Å². The van der Waals surface area contributed by atoms with E-state index in [2.05, 4.69) is 10.3 Å². The van der Waals surface area contributed by atoms with Crippen LogP contribution in [-0.4, -0.2) is 12.1 Å². The number of nitrogens with zero attached hydrogens (tertiary/aromatic N) is 1. The van der Waals surface area contributed by atoms with Crippen molar-refractivity contribution < 1.29 is 17.9 Å². The fourth-order valence-corrected chi connectivity index (χ4v) is 1.37. The summed E-state index contributed by atoms with van der Waals surface area (Å²) in [4.78, 5) is 3.15. The Morgan fingerprint density at radius 2 is 1.89 bits per heavy atom. The molecule has 0 aliphatic rings. The Morgan fingerprint density at radius 1 is 1.11 bits per heavy atom. The van der Waals surface area contributed by atoms with Gasteiger partial charge in [-0.3, -0.25) is 0 Å². The Balaban J connectivity index is 2.30. The zero-order chi connectivity index (χ0) is 13.1. The van der Waals surface area contributed by atoms with E-state index < -0.39 is 17.6 Å². The number of anilines is 2. The lowest BCUT2D eigenvalue weighted by Gasteiger charge is -2.08. The van der Waals surface area contributed by atoms with Crippen molar-refractivity contribution in [1.82, 2.24) is 4.98 Å². The van der Waals surface area contributed by atoms with Gasteiger partial charge in [0, 0.05) is 17.8 Å². The van der Waals surface area contributed by atoms with Crippen molar-refractivity contribution in [3.63, 3.8) is 0 Å². The third-order valence-corrected chi connectivity index (χ3v) is 2.22. The highest BCUT2D eigenvalue weighted by atomic mass is 19.2. The number of methoxy groups -OCH3 is 1. The fraction of sp³-hybridized carbons (Fsp3) is 0.0833. The number of pyridine rings is 1. The highest BCUT2D eigenvalue weighted by molar-refractivity contribution is 5.58. The second kappa shape index (κ2) is 4.95. The average molecular weight is 254 g/mol. The summed E-state index contributed by atoms with van der Waals surface area (Å²) in [6.07, 6.45) is 0. The third kappa shape index (κ3) is 2.53. The number of rotatable bonds is 3. The molecule has 0 spiro atoms. The standard InChI is InChI=1S/C12H9F3N2O/c1-18-8-4-2-3-7(5-8)16-12-10(14)6-9(13)11(15)17-12/h2-6H,1H3,(H,16,17). The summed E-state index contributed by atoms with van der Waals surface area (Å²) in [5.74, 6) is -3.51. The van der Waals surface area contributed by atoms with Crippen LogP contribution in [0.3, 0.4) is 0 Å². The Bertz CT molecular complexity index is 575. The molecule has 6 heteroatoms. The monoisotopic (exact) mass is 254 g/mol. The van der Waals surface area contributed by atoms with E-state index in [1.165, 1.54) is 7.11 Å². The number of aromatic nitrogens is 1. The van der Waals surface area contributed by atoms with E-state index in [0.717, 1.165) is 0 Å². The molecule has 18 heavy (non-hydrogen) atoms. The lowest BCUT2D eigenvalue weighted by Crippen LogP contribution is -2.01. The summed E-state index contributed by atoms with van der Waals surface area (Å²) in [7, 11) is 1.48. The van der Waals surface area contributed by atoms with Gasteiger partial charge in [0.15, 0.2) is 17.5 Å². The van der Waals surface area contributed by atoms with E-state index in [4.69, 9.17) is 4.74 Å². The van der Waals surface area contributed by atoms with Crippen LogP contribution in [0, 0.1) is 17.6 Å². The van der Waals surface area contributed by atoms with Crippen molar-refractivity contribution in [1.29, 1.82) is 0 Å². The average Bonchev–Trinajstić information content (AvgIpc) is 2.36. The van der Waals surface area contributed by atoms with E-state index in [1.807, 2.05) is 0 Å². The number of halogens is 3. The van der Waals surface area contributed by atoms with E-state index in [-0.39, 0.29) is 5.82 Å². The van der Waals surface area contributed by atoms with Crippen molar-refractivity contribution in [3.8, 4) is 5.75 Å². The van der Waals surface area contributed by atoms with Crippen LogP contribution in [0.4, 0.5) is 24.7 Å². The normalized spacial score (nSPS) is 10.2. The first-order valence-corrected chi connectivity index (χ1v) is 5.03. The molecule has 0 saturated heterocycles. The third-order valence-electron chi connectivity index (χ3n) is 2.22. The van der Waals surface area contributed by atoms with Gasteiger partial charge in [-0.2, -0.15) is 9.37 Å². The van der Waals surface area contributed by atoms with Crippen molar-refractivity contribution in [2.45, 2.75) is 0 Å². The molecule has 3 nitrogen and oxygen atoms in total. The minimum Gasteiger partial charge on any atom is -0.497 e. The minimum atomic E-state index is -1.36. The van der Waals surface area contributed by atoms with Crippen molar-refractivity contribution in [2.75, 3.05) is 12.4 Å². The minimum absolute atomic E-state index is 0.387. The van der Waals surface area contributed by atoms with Gasteiger partial charge < -0.3 is 10.1 Å². The van der Waals surface area contributed by atoms with Crippen LogP contribution in [0.25, 0.3) is 0 Å². The molecule has 0 fully saturated rings. The molecule has 0 atom stereocenters. The van der Waals surface area contributed by atoms with Crippen molar-refractivity contribution >= 4 is 11.5 Å². The maximum atomic E-state index is 13.3. The van der Waals surface area contributed by atoms with Crippen molar-refractivity contribution in [3.05, 3.63) is 47.9 Å². The molecule has 1 aromatic heterocycles. The first-order valence-electron chi connectivity index (χ1n) is 5.03. The van der Waals surface area contributed by atoms with Gasteiger partial charge >= 0.3 is 0 Å². The lowest BCUT2D eigenvalue weighted by atomic mass is 10.3. The summed E-state index contributed by atoms with van der Waals surface area (Å²) in [6, 6.07) is 6.98. The molecule has 0 aliphatic carbocycles. The highest BCUT2D eigenvalue weighted by Crippen LogP contribution is 2.22. The molecule has 1 heterocycles. The van der Waals surface area contributed by atoms with Crippen LogP contribution < -0.4 is 10.1 Å². The van der Waals surface area contributed by atoms with Gasteiger partial charge in [-0.1, -0.05) is 6.07 Å². The van der Waals surface area contributed by atoms with Crippen LogP contribution in [0.1, 0.15) is 0 Å². The van der Waals surface area contributed by atoms with Gasteiger partial charge in [0.05, 0.1) is 7.11 Å². The zero-order valence-electron chi connectivity index (χ0n) is 9.38. The predicted octanol–water partition coefficient (Wildman–Crippen LogP) is 3.25. The van der Waals surface area contributed by atoms with Gasteiger partial charge in [0.2, 0.25) is 0 Å². The molecule has 2 rings (SSSR count). The highest BCUT2D eigenvalue weighted by Gasteiger charge is 2.11. The first kappa shape index (κ1) is 12.2. The smallest absolute Gasteiger partial charge is 0.251 e. The molecule has 0 radical (unpaired) electrons. The second-order valence-corrected chi connectivity index (χ2v) is 3.45. The largest absolute Gasteiger partial charge is 0.497 e. The zero-order valence-corrected chi connectivity index (χ0v) is 9.38. The molecule has 1 N–H and O–H groups in total. The van der Waals surface area contributed by atoms with Gasteiger partial charge in [-0.05, 0) is 12.1 Å². The molecule has 0 amide bonds.